The Hall–Kier alpha value is -2.27. The van der Waals surface area contributed by atoms with Crippen LogP contribution in [0, 0.1) is 12.7 Å². The van der Waals surface area contributed by atoms with Crippen molar-refractivity contribution in [1.82, 2.24) is 24.9 Å². The van der Waals surface area contributed by atoms with Gasteiger partial charge in [0.2, 0.25) is 11.7 Å². The lowest BCUT2D eigenvalue weighted by atomic mass is 10.1. The Bertz CT molecular complexity index is 1160. The van der Waals surface area contributed by atoms with Crippen LogP contribution in [0.1, 0.15) is 36.0 Å². The summed E-state index contributed by atoms with van der Waals surface area (Å²) in [4.78, 5) is 4.34. The van der Waals surface area contributed by atoms with Crippen LogP contribution in [0.3, 0.4) is 0 Å². The van der Waals surface area contributed by atoms with Gasteiger partial charge in [-0.25, -0.2) is 12.8 Å². The summed E-state index contributed by atoms with van der Waals surface area (Å²) in [6, 6.07) is 4.86. The van der Waals surface area contributed by atoms with E-state index in [0.717, 1.165) is 23.2 Å². The lowest BCUT2D eigenvalue weighted by Gasteiger charge is -2.07. The second-order valence-corrected chi connectivity index (χ2v) is 10.7. The highest BCUT2D eigenvalue weighted by atomic mass is 32.2. The van der Waals surface area contributed by atoms with E-state index >= 15 is 0 Å². The molecule has 0 bridgehead atoms. The predicted molar refractivity (Wildman–Crippen MR) is 110 cm³/mol. The van der Waals surface area contributed by atoms with Gasteiger partial charge < -0.3 is 9.09 Å². The molecule has 0 amide bonds. The first kappa shape index (κ1) is 21.0. The molecule has 1 unspecified atom stereocenters. The monoisotopic (exact) mass is 451 g/mol. The average molecular weight is 452 g/mol. The van der Waals surface area contributed by atoms with E-state index in [1.807, 2.05) is 11.6 Å². The number of hydrogen-bond donors (Lipinski definition) is 0. The van der Waals surface area contributed by atoms with Crippen LogP contribution in [0.4, 0.5) is 4.39 Å². The third-order valence-corrected chi connectivity index (χ3v) is 8.00. The van der Waals surface area contributed by atoms with Crippen molar-refractivity contribution in [3.63, 3.8) is 0 Å². The molecule has 0 aliphatic carbocycles. The minimum atomic E-state index is -2.96. The molecule has 0 spiro atoms. The molecule has 1 aliphatic rings. The summed E-state index contributed by atoms with van der Waals surface area (Å²) in [6.07, 6.45) is 1.98. The summed E-state index contributed by atoms with van der Waals surface area (Å²) in [6.45, 7) is 1.70. The molecule has 3 heterocycles. The van der Waals surface area contributed by atoms with Crippen LogP contribution < -0.4 is 0 Å². The van der Waals surface area contributed by atoms with Crippen molar-refractivity contribution in [3.8, 4) is 11.4 Å². The number of aryl methyl sites for hydroxylation is 2. The lowest BCUT2D eigenvalue weighted by Crippen LogP contribution is -2.09. The highest BCUT2D eigenvalue weighted by Gasteiger charge is 2.32. The molecule has 0 saturated carbocycles. The van der Waals surface area contributed by atoms with Crippen LogP contribution in [0.15, 0.2) is 27.9 Å². The Balaban J connectivity index is 1.30. The summed E-state index contributed by atoms with van der Waals surface area (Å²) in [5.41, 5.74) is 1.16. The molecule has 11 heteroatoms. The van der Waals surface area contributed by atoms with Crippen LogP contribution >= 0.6 is 11.8 Å². The van der Waals surface area contributed by atoms with E-state index in [1.165, 1.54) is 6.07 Å². The van der Waals surface area contributed by atoms with Crippen LogP contribution in [0.5, 0.6) is 0 Å². The van der Waals surface area contributed by atoms with Crippen molar-refractivity contribution in [2.45, 2.75) is 37.3 Å². The highest BCUT2D eigenvalue weighted by molar-refractivity contribution is 7.99. The summed E-state index contributed by atoms with van der Waals surface area (Å²) >= 11 is 1.55. The molecule has 1 saturated heterocycles. The molecule has 1 aromatic carbocycles. The van der Waals surface area contributed by atoms with Crippen molar-refractivity contribution >= 4 is 21.6 Å². The quantitative estimate of drug-likeness (QED) is 0.399. The number of halogens is 1. The first-order chi connectivity index (χ1) is 14.3. The van der Waals surface area contributed by atoms with E-state index in [-0.39, 0.29) is 23.2 Å². The van der Waals surface area contributed by atoms with Gasteiger partial charge in [-0.2, -0.15) is 4.98 Å². The SMILES string of the molecule is Cc1ccc(-c2noc(CCCSc3nnc(C4CCS(=O)(=O)C4)n3C)n2)cc1F. The van der Waals surface area contributed by atoms with Crippen molar-refractivity contribution < 1.29 is 17.3 Å². The third-order valence-electron chi connectivity index (χ3n) is 5.13. The fourth-order valence-corrected chi connectivity index (χ4v) is 5.99. The smallest absolute Gasteiger partial charge is 0.226 e. The van der Waals surface area contributed by atoms with Crippen LogP contribution in [0.25, 0.3) is 11.4 Å². The topological polar surface area (TPSA) is 104 Å². The molecular weight excluding hydrogens is 429 g/mol. The van der Waals surface area contributed by atoms with Gasteiger partial charge in [-0.3, -0.25) is 0 Å². The minimum absolute atomic E-state index is 0.0784. The van der Waals surface area contributed by atoms with E-state index in [1.54, 1.807) is 30.8 Å². The van der Waals surface area contributed by atoms with Gasteiger partial charge in [0.05, 0.1) is 11.5 Å². The normalized spacial score (nSPS) is 18.2. The van der Waals surface area contributed by atoms with Gasteiger partial charge in [-0.05, 0) is 31.4 Å². The number of rotatable bonds is 7. The molecule has 1 aliphatic heterocycles. The molecular formula is C19H22FN5O3S2. The summed E-state index contributed by atoms with van der Waals surface area (Å²) in [5.74, 6) is 2.36. The van der Waals surface area contributed by atoms with Crippen molar-refractivity contribution in [1.29, 1.82) is 0 Å². The Labute approximate surface area is 178 Å². The largest absolute Gasteiger partial charge is 0.339 e. The highest BCUT2D eigenvalue weighted by Crippen LogP contribution is 2.29. The maximum atomic E-state index is 13.7. The van der Waals surface area contributed by atoms with Crippen molar-refractivity contribution in [2.24, 2.45) is 7.05 Å². The first-order valence-electron chi connectivity index (χ1n) is 9.64. The van der Waals surface area contributed by atoms with Gasteiger partial charge in [0.1, 0.15) is 11.6 Å². The molecule has 3 aromatic rings. The predicted octanol–water partition coefficient (Wildman–Crippen LogP) is 2.94. The fourth-order valence-electron chi connectivity index (χ4n) is 3.40. The molecule has 30 heavy (non-hydrogen) atoms. The number of aromatic nitrogens is 5. The summed E-state index contributed by atoms with van der Waals surface area (Å²) in [5, 5.41) is 13.1. The molecule has 160 valence electrons. The molecule has 2 aromatic heterocycles. The molecule has 0 radical (unpaired) electrons. The van der Waals surface area contributed by atoms with E-state index in [4.69, 9.17) is 4.52 Å². The number of hydrogen-bond acceptors (Lipinski definition) is 8. The van der Waals surface area contributed by atoms with E-state index in [2.05, 4.69) is 20.3 Å². The number of benzene rings is 1. The first-order valence-corrected chi connectivity index (χ1v) is 12.4. The lowest BCUT2D eigenvalue weighted by molar-refractivity contribution is 0.378. The zero-order valence-corrected chi connectivity index (χ0v) is 18.3. The fraction of sp³-hybridized carbons (Fsp3) is 0.474. The second-order valence-electron chi connectivity index (χ2n) is 7.43. The van der Waals surface area contributed by atoms with Gasteiger partial charge in [-0.15, -0.1) is 10.2 Å². The number of thioether (sulfide) groups is 1. The van der Waals surface area contributed by atoms with Gasteiger partial charge in [0.15, 0.2) is 15.0 Å². The minimum Gasteiger partial charge on any atom is -0.339 e. The second kappa shape index (κ2) is 8.46. The number of nitrogens with zero attached hydrogens (tertiary/aromatic N) is 5. The summed E-state index contributed by atoms with van der Waals surface area (Å²) < 4.78 is 44.3. The van der Waals surface area contributed by atoms with Gasteiger partial charge in [-0.1, -0.05) is 29.1 Å². The Morgan fingerprint density at radius 1 is 1.33 bits per heavy atom. The number of sulfone groups is 1. The third kappa shape index (κ3) is 4.56. The van der Waals surface area contributed by atoms with E-state index < -0.39 is 9.84 Å². The molecule has 8 nitrogen and oxygen atoms in total. The molecule has 0 N–H and O–H groups in total. The summed E-state index contributed by atoms with van der Waals surface area (Å²) in [7, 11) is -1.09. The molecule has 4 rings (SSSR count). The molecule has 1 fully saturated rings. The maximum absolute atomic E-state index is 13.7. The Morgan fingerprint density at radius 3 is 2.90 bits per heavy atom. The van der Waals surface area contributed by atoms with E-state index in [9.17, 15) is 12.8 Å². The molecule has 1 atom stereocenters. The van der Waals surface area contributed by atoms with Crippen molar-refractivity contribution in [3.05, 3.63) is 41.3 Å². The van der Waals surface area contributed by atoms with Crippen LogP contribution in [0.2, 0.25) is 0 Å². The zero-order chi connectivity index (χ0) is 21.3. The Morgan fingerprint density at radius 2 is 2.17 bits per heavy atom. The standard InChI is InChI=1S/C19H22FN5O3S2/c1-12-5-6-13(10-15(12)20)17-21-16(28-24-17)4-3-8-29-19-23-22-18(25(19)2)14-7-9-30(26,27)11-14/h5-6,10,14H,3-4,7-9,11H2,1-2H3. The van der Waals surface area contributed by atoms with Gasteiger partial charge in [0.25, 0.3) is 0 Å². The van der Waals surface area contributed by atoms with Crippen LogP contribution in [-0.2, 0) is 23.3 Å². The van der Waals surface area contributed by atoms with Crippen molar-refractivity contribution in [2.75, 3.05) is 17.3 Å². The zero-order valence-electron chi connectivity index (χ0n) is 16.7. The Kier molecular flexibility index (Phi) is 5.92. The van der Waals surface area contributed by atoms with E-state index in [0.29, 0.717) is 35.7 Å². The van der Waals surface area contributed by atoms with Gasteiger partial charge in [0, 0.05) is 30.7 Å². The average Bonchev–Trinajstić information content (AvgIpc) is 3.40. The van der Waals surface area contributed by atoms with Crippen LogP contribution in [-0.4, -0.2) is 50.6 Å². The maximum Gasteiger partial charge on any atom is 0.226 e. The van der Waals surface area contributed by atoms with Gasteiger partial charge >= 0.3 is 0 Å².